The van der Waals surface area contributed by atoms with Crippen LogP contribution in [0, 0.1) is 18.8 Å². The molecule has 0 radical (unpaired) electrons. The van der Waals surface area contributed by atoms with Crippen LogP contribution in [-0.4, -0.2) is 47.8 Å². The number of rotatable bonds is 4. The first-order valence-electron chi connectivity index (χ1n) is 12.8. The van der Waals surface area contributed by atoms with Crippen LogP contribution in [0.5, 0.6) is 0 Å². The van der Waals surface area contributed by atoms with E-state index >= 15 is 0 Å². The Morgan fingerprint density at radius 3 is 2.76 bits per heavy atom. The SMILES string of the molecule is CC#CCn1c(N2CCCC(N)C2)nc2c1c(=O)n(Cc1nc3c4c(c(C)ccc4n1)CC3)c(=O)n2C. The van der Waals surface area contributed by atoms with Gasteiger partial charge < -0.3 is 10.6 Å². The van der Waals surface area contributed by atoms with Gasteiger partial charge in [-0.05, 0) is 56.7 Å². The van der Waals surface area contributed by atoms with Gasteiger partial charge in [-0.1, -0.05) is 12.0 Å². The average molecular weight is 499 g/mol. The highest BCUT2D eigenvalue weighted by molar-refractivity contribution is 5.87. The Morgan fingerprint density at radius 1 is 1.14 bits per heavy atom. The minimum Gasteiger partial charge on any atom is -0.341 e. The van der Waals surface area contributed by atoms with Crippen LogP contribution in [0.25, 0.3) is 22.1 Å². The second-order valence-electron chi connectivity index (χ2n) is 10.0. The first kappa shape index (κ1) is 23.4. The van der Waals surface area contributed by atoms with Crippen LogP contribution in [0.4, 0.5) is 5.95 Å². The van der Waals surface area contributed by atoms with E-state index in [2.05, 4.69) is 29.7 Å². The van der Waals surface area contributed by atoms with Crippen molar-refractivity contribution in [1.29, 1.82) is 0 Å². The highest BCUT2D eigenvalue weighted by atomic mass is 16.2. The summed E-state index contributed by atoms with van der Waals surface area (Å²) in [4.78, 5) is 43.6. The number of anilines is 1. The molecule has 10 heteroatoms. The van der Waals surface area contributed by atoms with E-state index in [1.165, 1.54) is 20.3 Å². The molecule has 1 fully saturated rings. The Bertz CT molecular complexity index is 1750. The second kappa shape index (κ2) is 8.85. The van der Waals surface area contributed by atoms with E-state index in [9.17, 15) is 9.59 Å². The molecule has 0 bridgehead atoms. The molecule has 1 atom stereocenters. The number of aromatic nitrogens is 6. The predicted molar refractivity (Wildman–Crippen MR) is 143 cm³/mol. The normalized spacial score (nSPS) is 17.0. The predicted octanol–water partition coefficient (Wildman–Crippen LogP) is 1.25. The van der Waals surface area contributed by atoms with Gasteiger partial charge in [0, 0.05) is 31.6 Å². The summed E-state index contributed by atoms with van der Waals surface area (Å²) in [5.74, 6) is 7.05. The summed E-state index contributed by atoms with van der Waals surface area (Å²) in [5, 5.41) is 1.11. The Balaban J connectivity index is 1.51. The summed E-state index contributed by atoms with van der Waals surface area (Å²) in [6.45, 7) is 5.57. The van der Waals surface area contributed by atoms with Gasteiger partial charge in [0.15, 0.2) is 11.2 Å². The molecule has 1 aromatic carbocycles. The number of fused-ring (bicyclic) bond motifs is 1. The Labute approximate surface area is 213 Å². The highest BCUT2D eigenvalue weighted by Crippen LogP contribution is 2.31. The van der Waals surface area contributed by atoms with Gasteiger partial charge in [0.2, 0.25) is 5.95 Å². The number of nitrogens with two attached hydrogens (primary N) is 1. The second-order valence-corrected chi connectivity index (χ2v) is 10.0. The van der Waals surface area contributed by atoms with Crippen LogP contribution in [0.15, 0.2) is 21.7 Å². The van der Waals surface area contributed by atoms with E-state index in [4.69, 9.17) is 20.7 Å². The molecule has 10 nitrogen and oxygen atoms in total. The van der Waals surface area contributed by atoms with Crippen LogP contribution in [0.2, 0.25) is 0 Å². The maximum Gasteiger partial charge on any atom is 0.332 e. The molecule has 1 saturated heterocycles. The van der Waals surface area contributed by atoms with E-state index < -0.39 is 11.2 Å². The van der Waals surface area contributed by atoms with Gasteiger partial charge in [-0.15, -0.1) is 5.92 Å². The summed E-state index contributed by atoms with van der Waals surface area (Å²) in [6.07, 6.45) is 3.66. The van der Waals surface area contributed by atoms with E-state index in [0.717, 1.165) is 48.8 Å². The van der Waals surface area contributed by atoms with Crippen molar-refractivity contribution in [3.8, 4) is 11.8 Å². The highest BCUT2D eigenvalue weighted by Gasteiger charge is 2.27. The maximum absolute atomic E-state index is 13.9. The first-order valence-corrected chi connectivity index (χ1v) is 12.8. The van der Waals surface area contributed by atoms with Gasteiger partial charge >= 0.3 is 5.69 Å². The zero-order valence-corrected chi connectivity index (χ0v) is 21.4. The molecule has 1 unspecified atom stereocenters. The number of hydrogen-bond donors (Lipinski definition) is 1. The fourth-order valence-electron chi connectivity index (χ4n) is 5.73. The Morgan fingerprint density at radius 2 is 1.97 bits per heavy atom. The van der Waals surface area contributed by atoms with Crippen LogP contribution in [0.3, 0.4) is 0 Å². The first-order chi connectivity index (χ1) is 17.9. The molecule has 2 N–H and O–H groups in total. The lowest BCUT2D eigenvalue weighted by atomic mass is 10.1. The third-order valence-electron chi connectivity index (χ3n) is 7.61. The number of nitrogens with zero attached hydrogens (tertiary/aromatic N) is 7. The molecular formula is C27H30N8O2. The van der Waals surface area contributed by atoms with E-state index in [0.29, 0.717) is 36.0 Å². The van der Waals surface area contributed by atoms with Crippen molar-refractivity contribution in [1.82, 2.24) is 28.7 Å². The summed E-state index contributed by atoms with van der Waals surface area (Å²) >= 11 is 0. The summed E-state index contributed by atoms with van der Waals surface area (Å²) in [7, 11) is 1.64. The third kappa shape index (κ3) is 3.73. The van der Waals surface area contributed by atoms with E-state index in [-0.39, 0.29) is 12.6 Å². The van der Waals surface area contributed by atoms with Crippen molar-refractivity contribution in [2.24, 2.45) is 12.8 Å². The molecule has 0 spiro atoms. The summed E-state index contributed by atoms with van der Waals surface area (Å²) < 4.78 is 4.46. The largest absolute Gasteiger partial charge is 0.341 e. The zero-order chi connectivity index (χ0) is 25.8. The molecule has 2 aliphatic rings. The van der Waals surface area contributed by atoms with Crippen molar-refractivity contribution in [3.05, 3.63) is 55.6 Å². The minimum atomic E-state index is -0.449. The molecule has 6 rings (SSSR count). The molecule has 190 valence electrons. The van der Waals surface area contributed by atoms with Crippen molar-refractivity contribution < 1.29 is 0 Å². The lowest BCUT2D eigenvalue weighted by Crippen LogP contribution is -2.44. The van der Waals surface area contributed by atoms with E-state index in [1.807, 2.05) is 10.6 Å². The van der Waals surface area contributed by atoms with Gasteiger partial charge in [-0.25, -0.2) is 14.8 Å². The zero-order valence-electron chi connectivity index (χ0n) is 21.4. The van der Waals surface area contributed by atoms with Crippen LogP contribution in [-0.2, 0) is 33.0 Å². The average Bonchev–Trinajstić information content (AvgIpc) is 3.49. The maximum atomic E-state index is 13.9. The molecule has 1 aliphatic heterocycles. The third-order valence-corrected chi connectivity index (χ3v) is 7.61. The van der Waals surface area contributed by atoms with Gasteiger partial charge in [-0.2, -0.15) is 4.98 Å². The van der Waals surface area contributed by atoms with Crippen molar-refractivity contribution in [2.75, 3.05) is 18.0 Å². The molecule has 0 amide bonds. The summed E-state index contributed by atoms with van der Waals surface area (Å²) in [6, 6.07) is 4.10. The number of piperidine rings is 1. The molecule has 0 saturated carbocycles. The van der Waals surface area contributed by atoms with Gasteiger partial charge in [0.1, 0.15) is 5.82 Å². The van der Waals surface area contributed by atoms with Crippen molar-refractivity contribution in [2.45, 2.75) is 58.7 Å². The quantitative estimate of drug-likeness (QED) is 0.421. The lowest BCUT2D eigenvalue weighted by Gasteiger charge is -2.31. The topological polar surface area (TPSA) is 117 Å². The standard InChI is InChI=1S/C27H30N8O2/c1-4-5-13-34-23-24(31-26(34)33-12-6-7-17(28)14-33)32(3)27(37)35(25(23)36)15-21-29-19-10-8-16(2)18-9-11-20(30-21)22(18)19/h8,10,17H,6-7,9,11-15,28H2,1-3H3. The molecule has 37 heavy (non-hydrogen) atoms. The van der Waals surface area contributed by atoms with Gasteiger partial charge in [-0.3, -0.25) is 18.5 Å². The minimum absolute atomic E-state index is 0.0118. The lowest BCUT2D eigenvalue weighted by molar-refractivity contribution is 0.496. The van der Waals surface area contributed by atoms with Crippen LogP contribution >= 0.6 is 0 Å². The van der Waals surface area contributed by atoms with Gasteiger partial charge in [0.25, 0.3) is 5.56 Å². The molecular weight excluding hydrogens is 468 g/mol. The van der Waals surface area contributed by atoms with Gasteiger partial charge in [0.05, 0.1) is 24.3 Å². The fraction of sp³-hybridized carbons (Fsp3) is 0.444. The van der Waals surface area contributed by atoms with Crippen molar-refractivity contribution >= 4 is 28.0 Å². The monoisotopic (exact) mass is 498 g/mol. The fourth-order valence-corrected chi connectivity index (χ4v) is 5.73. The van der Waals surface area contributed by atoms with E-state index in [1.54, 1.807) is 14.0 Å². The Kier molecular flexibility index (Phi) is 5.60. The number of aryl methyl sites for hydroxylation is 4. The molecule has 1 aliphatic carbocycles. The number of hydrogen-bond acceptors (Lipinski definition) is 7. The number of imidazole rings is 1. The molecule has 4 aromatic rings. The smallest absolute Gasteiger partial charge is 0.332 e. The van der Waals surface area contributed by atoms with Crippen molar-refractivity contribution in [3.63, 3.8) is 0 Å². The molecule has 3 aromatic heterocycles. The summed E-state index contributed by atoms with van der Waals surface area (Å²) in [5.41, 5.74) is 10.4. The van der Waals surface area contributed by atoms with Crippen LogP contribution in [0.1, 0.15) is 42.4 Å². The Hall–Kier alpha value is -3.97. The molecule has 4 heterocycles. The number of benzene rings is 1. The van der Waals surface area contributed by atoms with Crippen LogP contribution < -0.4 is 21.9 Å².